The van der Waals surface area contributed by atoms with Crippen LogP contribution in [0, 0.1) is 0 Å². The molecule has 0 saturated carbocycles. The van der Waals surface area contributed by atoms with Crippen molar-refractivity contribution in [1.82, 2.24) is 10.6 Å². The lowest BCUT2D eigenvalue weighted by atomic mass is 9.92. The van der Waals surface area contributed by atoms with Gasteiger partial charge < -0.3 is 15.4 Å². The first-order chi connectivity index (χ1) is 13.1. The van der Waals surface area contributed by atoms with Crippen molar-refractivity contribution in [2.45, 2.75) is 42.0 Å². The molecule has 0 aliphatic carbocycles. The van der Waals surface area contributed by atoms with Crippen molar-refractivity contribution in [3.05, 3.63) is 60.2 Å². The molecule has 0 aromatic heterocycles. The zero-order valence-corrected chi connectivity index (χ0v) is 16.3. The second-order valence-corrected chi connectivity index (χ2v) is 7.96. The first-order valence-corrected chi connectivity index (χ1v) is 9.90. The number of carbonyl (C=O) groups excluding carboxylic acids is 2. The molecule has 1 fully saturated rings. The standard InChI is InChI=1S/C21H24N2O3S/c1-14(27-17-10-8-16(26-2)9-11-17)21(25)22-18-12-13-19(24)23-20(18)15-6-4-3-5-7-15/h3-11,14,18,20H,12-13H2,1-2H3,(H,22,25)(H,23,24). The monoisotopic (exact) mass is 384 g/mol. The third kappa shape index (κ3) is 5.04. The zero-order valence-electron chi connectivity index (χ0n) is 15.5. The van der Waals surface area contributed by atoms with Gasteiger partial charge in [0.05, 0.1) is 24.4 Å². The van der Waals surface area contributed by atoms with Crippen LogP contribution in [-0.4, -0.2) is 30.2 Å². The number of methoxy groups -OCH3 is 1. The van der Waals surface area contributed by atoms with Crippen molar-refractivity contribution >= 4 is 23.6 Å². The van der Waals surface area contributed by atoms with Crippen molar-refractivity contribution < 1.29 is 14.3 Å². The molecule has 5 nitrogen and oxygen atoms in total. The normalized spacial score (nSPS) is 20.4. The average Bonchev–Trinajstić information content (AvgIpc) is 2.70. The van der Waals surface area contributed by atoms with E-state index in [0.717, 1.165) is 16.2 Å². The third-order valence-corrected chi connectivity index (χ3v) is 5.74. The minimum absolute atomic E-state index is 0.0232. The highest BCUT2D eigenvalue weighted by atomic mass is 32.2. The van der Waals surface area contributed by atoms with E-state index in [4.69, 9.17) is 4.74 Å². The molecule has 1 heterocycles. The topological polar surface area (TPSA) is 67.4 Å². The maximum Gasteiger partial charge on any atom is 0.233 e. The number of hydrogen-bond donors (Lipinski definition) is 2. The molecule has 6 heteroatoms. The fourth-order valence-corrected chi connectivity index (χ4v) is 4.02. The van der Waals surface area contributed by atoms with Crippen molar-refractivity contribution in [1.29, 1.82) is 0 Å². The number of piperidine rings is 1. The van der Waals surface area contributed by atoms with E-state index in [2.05, 4.69) is 10.6 Å². The molecule has 2 aromatic carbocycles. The Balaban J connectivity index is 1.64. The molecule has 142 valence electrons. The predicted octanol–water partition coefficient (Wildman–Crippen LogP) is 3.31. The quantitative estimate of drug-likeness (QED) is 0.750. The lowest BCUT2D eigenvalue weighted by Crippen LogP contribution is -2.51. The summed E-state index contributed by atoms with van der Waals surface area (Å²) in [5.41, 5.74) is 1.01. The molecule has 2 amide bonds. The van der Waals surface area contributed by atoms with Crippen molar-refractivity contribution in [2.75, 3.05) is 7.11 Å². The Hall–Kier alpha value is -2.47. The van der Waals surface area contributed by atoms with Gasteiger partial charge in [-0.1, -0.05) is 30.3 Å². The highest BCUT2D eigenvalue weighted by Gasteiger charge is 2.31. The molecule has 3 rings (SSSR count). The maximum absolute atomic E-state index is 12.7. The number of amides is 2. The molecular formula is C21H24N2O3S. The van der Waals surface area contributed by atoms with E-state index in [9.17, 15) is 9.59 Å². The van der Waals surface area contributed by atoms with Crippen molar-refractivity contribution in [2.24, 2.45) is 0 Å². The zero-order chi connectivity index (χ0) is 19.2. The summed E-state index contributed by atoms with van der Waals surface area (Å²) < 4.78 is 5.16. The molecule has 1 aliphatic heterocycles. The van der Waals surface area contributed by atoms with Crippen LogP contribution in [-0.2, 0) is 9.59 Å². The van der Waals surface area contributed by atoms with Gasteiger partial charge in [0.2, 0.25) is 11.8 Å². The lowest BCUT2D eigenvalue weighted by molar-refractivity contribution is -0.126. The van der Waals surface area contributed by atoms with Gasteiger partial charge in [0.25, 0.3) is 0 Å². The summed E-state index contributed by atoms with van der Waals surface area (Å²) in [4.78, 5) is 25.6. The largest absolute Gasteiger partial charge is 0.497 e. The number of hydrogen-bond acceptors (Lipinski definition) is 4. The Bertz CT molecular complexity index is 780. The molecule has 0 bridgehead atoms. The van der Waals surface area contributed by atoms with E-state index in [1.165, 1.54) is 11.8 Å². The summed E-state index contributed by atoms with van der Waals surface area (Å²) in [5, 5.41) is 5.90. The summed E-state index contributed by atoms with van der Waals surface area (Å²) in [6, 6.07) is 17.1. The summed E-state index contributed by atoms with van der Waals surface area (Å²) >= 11 is 1.50. The van der Waals surface area contributed by atoms with E-state index in [1.807, 2.05) is 61.5 Å². The van der Waals surface area contributed by atoms with Gasteiger partial charge in [0.1, 0.15) is 5.75 Å². The van der Waals surface area contributed by atoms with Crippen LogP contribution in [0.3, 0.4) is 0 Å². The molecule has 1 aliphatic rings. The van der Waals surface area contributed by atoms with Crippen LogP contribution >= 0.6 is 11.8 Å². The first-order valence-electron chi connectivity index (χ1n) is 9.02. The number of nitrogens with one attached hydrogen (secondary N) is 2. The number of rotatable bonds is 6. The summed E-state index contributed by atoms with van der Waals surface area (Å²) in [5.74, 6) is 0.785. The Morgan fingerprint density at radius 1 is 1.19 bits per heavy atom. The van der Waals surface area contributed by atoms with Gasteiger partial charge in [-0.05, 0) is 43.2 Å². The van der Waals surface area contributed by atoms with Gasteiger partial charge in [-0.3, -0.25) is 9.59 Å². The lowest BCUT2D eigenvalue weighted by Gasteiger charge is -2.33. The van der Waals surface area contributed by atoms with Gasteiger partial charge in [0, 0.05) is 11.3 Å². The van der Waals surface area contributed by atoms with Crippen LogP contribution in [0.5, 0.6) is 5.75 Å². The average molecular weight is 385 g/mol. The highest BCUT2D eigenvalue weighted by Crippen LogP contribution is 2.27. The van der Waals surface area contributed by atoms with E-state index in [-0.39, 0.29) is 29.1 Å². The number of carbonyl (C=O) groups is 2. The minimum Gasteiger partial charge on any atom is -0.497 e. The van der Waals surface area contributed by atoms with Crippen LogP contribution in [0.15, 0.2) is 59.5 Å². The summed E-state index contributed by atoms with van der Waals surface area (Å²) in [6.07, 6.45) is 1.06. The van der Waals surface area contributed by atoms with Crippen LogP contribution in [0.4, 0.5) is 0 Å². The minimum atomic E-state index is -0.243. The van der Waals surface area contributed by atoms with Crippen molar-refractivity contribution in [3.63, 3.8) is 0 Å². The maximum atomic E-state index is 12.7. The van der Waals surface area contributed by atoms with Gasteiger partial charge in [0.15, 0.2) is 0 Å². The van der Waals surface area contributed by atoms with E-state index < -0.39 is 0 Å². The fourth-order valence-electron chi connectivity index (χ4n) is 3.14. The fraction of sp³-hybridized carbons (Fsp3) is 0.333. The predicted molar refractivity (Wildman–Crippen MR) is 107 cm³/mol. The summed E-state index contributed by atoms with van der Waals surface area (Å²) in [6.45, 7) is 1.89. The molecule has 3 unspecified atom stereocenters. The Morgan fingerprint density at radius 2 is 1.89 bits per heavy atom. The molecule has 27 heavy (non-hydrogen) atoms. The van der Waals surface area contributed by atoms with Gasteiger partial charge >= 0.3 is 0 Å². The SMILES string of the molecule is COc1ccc(SC(C)C(=O)NC2CCC(=O)NC2c2ccccc2)cc1. The van der Waals surface area contributed by atoms with Gasteiger partial charge in [-0.2, -0.15) is 0 Å². The molecule has 2 aromatic rings. The molecule has 0 radical (unpaired) electrons. The second-order valence-electron chi connectivity index (χ2n) is 6.55. The third-order valence-electron chi connectivity index (χ3n) is 4.63. The first kappa shape index (κ1) is 19.3. The summed E-state index contributed by atoms with van der Waals surface area (Å²) in [7, 11) is 1.63. The van der Waals surface area contributed by atoms with Crippen LogP contribution < -0.4 is 15.4 Å². The smallest absolute Gasteiger partial charge is 0.233 e. The van der Waals surface area contributed by atoms with Crippen LogP contribution in [0.25, 0.3) is 0 Å². The van der Waals surface area contributed by atoms with Crippen molar-refractivity contribution in [3.8, 4) is 5.75 Å². The Labute approximate surface area is 163 Å². The Morgan fingerprint density at radius 3 is 2.56 bits per heavy atom. The molecular weight excluding hydrogens is 360 g/mol. The van der Waals surface area contributed by atoms with Crippen LogP contribution in [0.2, 0.25) is 0 Å². The van der Waals surface area contributed by atoms with Gasteiger partial charge in [-0.15, -0.1) is 11.8 Å². The molecule has 3 atom stereocenters. The second kappa shape index (κ2) is 8.95. The van der Waals surface area contributed by atoms with E-state index in [1.54, 1.807) is 7.11 Å². The molecule has 0 spiro atoms. The van der Waals surface area contributed by atoms with Gasteiger partial charge in [-0.25, -0.2) is 0 Å². The van der Waals surface area contributed by atoms with E-state index in [0.29, 0.717) is 12.8 Å². The van der Waals surface area contributed by atoms with Crippen LogP contribution in [0.1, 0.15) is 31.4 Å². The molecule has 2 N–H and O–H groups in total. The van der Waals surface area contributed by atoms with E-state index >= 15 is 0 Å². The number of ether oxygens (including phenoxy) is 1. The number of benzene rings is 2. The highest BCUT2D eigenvalue weighted by molar-refractivity contribution is 8.00. The Kier molecular flexibility index (Phi) is 6.40. The number of thioether (sulfide) groups is 1. The molecule has 1 saturated heterocycles.